The van der Waals surface area contributed by atoms with Gasteiger partial charge in [0.1, 0.15) is 5.01 Å². The Morgan fingerprint density at radius 2 is 1.65 bits per heavy atom. The number of aromatic nitrogens is 1. The molecule has 0 unspecified atom stereocenters. The molecule has 0 saturated heterocycles. The Balaban J connectivity index is 2.43. The molecule has 4 nitrogen and oxygen atoms in total. The fraction of sp³-hybridized carbons (Fsp3) is 0.562. The molecule has 23 heavy (non-hydrogen) atoms. The Morgan fingerprint density at radius 3 is 2.13 bits per heavy atom. The highest BCUT2D eigenvalue weighted by atomic mass is 32.2. The summed E-state index contributed by atoms with van der Waals surface area (Å²) in [6.45, 7) is 11.0. The molecular weight excluding hydrogens is 348 g/mol. The van der Waals surface area contributed by atoms with Gasteiger partial charge >= 0.3 is 0 Å². The van der Waals surface area contributed by atoms with Gasteiger partial charge in [0.2, 0.25) is 10.0 Å². The zero-order valence-corrected chi connectivity index (χ0v) is 16.8. The predicted molar refractivity (Wildman–Crippen MR) is 99.0 cm³/mol. The molecule has 0 aliphatic heterocycles. The number of rotatable bonds is 7. The molecule has 2 aromatic rings. The monoisotopic (exact) mass is 372 g/mol. The van der Waals surface area contributed by atoms with Crippen molar-refractivity contribution in [1.82, 2.24) is 9.29 Å². The van der Waals surface area contributed by atoms with Crippen LogP contribution in [0, 0.1) is 20.8 Å². The van der Waals surface area contributed by atoms with Crippen LogP contribution >= 0.6 is 22.7 Å². The molecular formula is C16H24N2O2S3. The molecule has 2 aromatic heterocycles. The smallest absolute Gasteiger partial charge is 0.240 e. The lowest BCUT2D eigenvalue weighted by atomic mass is 10.4. The van der Waals surface area contributed by atoms with Crippen molar-refractivity contribution in [2.75, 3.05) is 13.1 Å². The summed E-state index contributed by atoms with van der Waals surface area (Å²) in [6.07, 6.45) is 1.64. The first-order chi connectivity index (χ1) is 10.8. The second-order valence-electron chi connectivity index (χ2n) is 5.60. The van der Waals surface area contributed by atoms with E-state index in [4.69, 9.17) is 0 Å². The Labute approximate surface area is 147 Å². The van der Waals surface area contributed by atoms with Gasteiger partial charge in [0.15, 0.2) is 0 Å². The molecule has 0 spiro atoms. The summed E-state index contributed by atoms with van der Waals surface area (Å²) < 4.78 is 27.5. The maximum atomic E-state index is 13.0. The number of nitrogens with zero attached hydrogens (tertiary/aromatic N) is 2. The standard InChI is InChI=1S/C16H24N2O2S3/c1-6-8-18(9-7-2)23(19,20)15-10-14(21-13(15)5)16-17-11(3)12(4)22-16/h10H,6-9H2,1-5H3. The van der Waals surface area contributed by atoms with Gasteiger partial charge in [-0.15, -0.1) is 22.7 Å². The van der Waals surface area contributed by atoms with E-state index < -0.39 is 10.0 Å². The molecule has 0 bridgehead atoms. The average molecular weight is 373 g/mol. The Morgan fingerprint density at radius 1 is 1.04 bits per heavy atom. The van der Waals surface area contributed by atoms with Crippen molar-refractivity contribution >= 4 is 32.7 Å². The Hall–Kier alpha value is -0.760. The molecule has 0 aliphatic carbocycles. The van der Waals surface area contributed by atoms with E-state index in [1.807, 2.05) is 34.6 Å². The Kier molecular flexibility index (Phi) is 5.99. The highest BCUT2D eigenvalue weighted by Crippen LogP contribution is 2.37. The summed E-state index contributed by atoms with van der Waals surface area (Å²) in [7, 11) is -3.43. The molecule has 0 saturated carbocycles. The first-order valence-electron chi connectivity index (χ1n) is 7.86. The molecule has 0 atom stereocenters. The highest BCUT2D eigenvalue weighted by Gasteiger charge is 2.27. The summed E-state index contributed by atoms with van der Waals surface area (Å²) in [5.74, 6) is 0. The van der Waals surface area contributed by atoms with E-state index in [9.17, 15) is 8.42 Å². The summed E-state index contributed by atoms with van der Waals surface area (Å²) >= 11 is 3.13. The first-order valence-corrected chi connectivity index (χ1v) is 10.9. The van der Waals surface area contributed by atoms with Crippen molar-refractivity contribution in [2.24, 2.45) is 0 Å². The van der Waals surface area contributed by atoms with Gasteiger partial charge in [0.05, 0.1) is 15.5 Å². The van der Waals surface area contributed by atoms with Crippen molar-refractivity contribution < 1.29 is 8.42 Å². The lowest BCUT2D eigenvalue weighted by Gasteiger charge is -2.20. The van der Waals surface area contributed by atoms with Crippen LogP contribution in [-0.2, 0) is 10.0 Å². The zero-order valence-electron chi connectivity index (χ0n) is 14.3. The predicted octanol–water partition coefficient (Wildman–Crippen LogP) is 4.61. The minimum atomic E-state index is -3.43. The van der Waals surface area contributed by atoms with Crippen LogP contribution < -0.4 is 0 Å². The number of thiophene rings is 1. The first kappa shape index (κ1) is 18.6. The fourth-order valence-electron chi connectivity index (χ4n) is 2.40. The van der Waals surface area contributed by atoms with Crippen molar-refractivity contribution in [2.45, 2.75) is 52.4 Å². The number of hydrogen-bond acceptors (Lipinski definition) is 5. The van der Waals surface area contributed by atoms with Crippen LogP contribution in [-0.4, -0.2) is 30.8 Å². The maximum Gasteiger partial charge on any atom is 0.244 e. The van der Waals surface area contributed by atoms with Gasteiger partial charge in [-0.2, -0.15) is 4.31 Å². The van der Waals surface area contributed by atoms with Gasteiger partial charge in [-0.25, -0.2) is 13.4 Å². The third kappa shape index (κ3) is 3.84. The number of aryl methyl sites for hydroxylation is 3. The van der Waals surface area contributed by atoms with Crippen molar-refractivity contribution in [3.8, 4) is 9.88 Å². The van der Waals surface area contributed by atoms with Crippen LogP contribution in [0.1, 0.15) is 42.1 Å². The molecule has 0 amide bonds. The third-order valence-electron chi connectivity index (χ3n) is 3.68. The van der Waals surface area contributed by atoms with Crippen LogP contribution in [0.5, 0.6) is 0 Å². The second-order valence-corrected chi connectivity index (χ2v) is 9.96. The van der Waals surface area contributed by atoms with Crippen LogP contribution in [0.2, 0.25) is 0 Å². The van der Waals surface area contributed by atoms with Crippen molar-refractivity contribution in [1.29, 1.82) is 0 Å². The van der Waals surface area contributed by atoms with E-state index in [0.29, 0.717) is 18.0 Å². The summed E-state index contributed by atoms with van der Waals surface area (Å²) in [5, 5.41) is 0.909. The molecule has 7 heteroatoms. The van der Waals surface area contributed by atoms with Crippen LogP contribution in [0.3, 0.4) is 0 Å². The molecule has 2 heterocycles. The zero-order chi connectivity index (χ0) is 17.2. The molecule has 0 aliphatic rings. The third-order valence-corrected chi connectivity index (χ3v) is 8.12. The van der Waals surface area contributed by atoms with E-state index in [-0.39, 0.29) is 0 Å². The van der Waals surface area contributed by atoms with E-state index in [1.54, 1.807) is 21.7 Å². The van der Waals surface area contributed by atoms with Gasteiger partial charge in [-0.1, -0.05) is 13.8 Å². The summed E-state index contributed by atoms with van der Waals surface area (Å²) in [6, 6.07) is 1.80. The van der Waals surface area contributed by atoms with Crippen LogP contribution in [0.4, 0.5) is 0 Å². The molecule has 0 radical (unpaired) electrons. The van der Waals surface area contributed by atoms with Crippen LogP contribution in [0.25, 0.3) is 9.88 Å². The topological polar surface area (TPSA) is 50.3 Å². The largest absolute Gasteiger partial charge is 0.244 e. The second kappa shape index (κ2) is 7.42. The van der Waals surface area contributed by atoms with Crippen LogP contribution in [0.15, 0.2) is 11.0 Å². The molecule has 0 N–H and O–H groups in total. The minimum absolute atomic E-state index is 0.435. The lowest BCUT2D eigenvalue weighted by Crippen LogP contribution is -2.32. The quantitative estimate of drug-likeness (QED) is 0.713. The van der Waals surface area contributed by atoms with Gasteiger partial charge in [-0.3, -0.25) is 0 Å². The van der Waals surface area contributed by atoms with E-state index in [1.165, 1.54) is 16.2 Å². The molecule has 128 valence electrons. The normalized spacial score (nSPS) is 12.3. The average Bonchev–Trinajstić information content (AvgIpc) is 3.03. The summed E-state index contributed by atoms with van der Waals surface area (Å²) in [5.41, 5.74) is 1.01. The SMILES string of the molecule is CCCN(CCC)S(=O)(=O)c1cc(-c2nc(C)c(C)s2)sc1C. The van der Waals surface area contributed by atoms with E-state index in [2.05, 4.69) is 4.98 Å². The van der Waals surface area contributed by atoms with Gasteiger partial charge in [0.25, 0.3) is 0 Å². The fourth-order valence-corrected chi connectivity index (χ4v) is 6.54. The van der Waals surface area contributed by atoms with Gasteiger partial charge < -0.3 is 0 Å². The highest BCUT2D eigenvalue weighted by molar-refractivity contribution is 7.89. The number of sulfonamides is 1. The molecule has 2 rings (SSSR count). The molecule has 0 aromatic carbocycles. The number of thiazole rings is 1. The molecule has 0 fully saturated rings. The van der Waals surface area contributed by atoms with Gasteiger partial charge in [0, 0.05) is 22.8 Å². The van der Waals surface area contributed by atoms with Crippen molar-refractivity contribution in [3.63, 3.8) is 0 Å². The lowest BCUT2D eigenvalue weighted by molar-refractivity contribution is 0.410. The van der Waals surface area contributed by atoms with Gasteiger partial charge in [-0.05, 0) is 39.7 Å². The number of hydrogen-bond donors (Lipinski definition) is 0. The minimum Gasteiger partial charge on any atom is -0.240 e. The Bertz CT molecular complexity index is 750. The maximum absolute atomic E-state index is 13.0. The summed E-state index contributed by atoms with van der Waals surface area (Å²) in [4.78, 5) is 7.94. The van der Waals surface area contributed by atoms with Crippen molar-refractivity contribution in [3.05, 3.63) is 21.5 Å². The van der Waals surface area contributed by atoms with E-state index in [0.717, 1.165) is 33.3 Å². The van der Waals surface area contributed by atoms with E-state index >= 15 is 0 Å².